The third-order valence-electron chi connectivity index (χ3n) is 3.16. The van der Waals surface area contributed by atoms with Gasteiger partial charge in [0.1, 0.15) is 0 Å². The lowest BCUT2D eigenvalue weighted by Crippen LogP contribution is -2.15. The maximum atomic E-state index is 12.7. The predicted molar refractivity (Wildman–Crippen MR) is 78.9 cm³/mol. The summed E-state index contributed by atoms with van der Waals surface area (Å²) in [5.41, 5.74) is 1.22. The van der Waals surface area contributed by atoms with E-state index in [4.69, 9.17) is 0 Å². The van der Waals surface area contributed by atoms with Gasteiger partial charge in [-0.25, -0.2) is 17.4 Å². The Morgan fingerprint density at radius 1 is 1.14 bits per heavy atom. The number of carbonyl (C=O) groups excluding carboxylic acids is 1. The maximum absolute atomic E-state index is 12.7. The monoisotopic (exact) mass is 300 g/mol. The topological polar surface area (TPSA) is 69.0 Å². The van der Waals surface area contributed by atoms with E-state index in [1.807, 2.05) is 6.92 Å². The molecule has 2 aromatic heterocycles. The highest BCUT2D eigenvalue weighted by molar-refractivity contribution is 7.90. The van der Waals surface area contributed by atoms with Crippen LogP contribution in [0.5, 0.6) is 0 Å². The van der Waals surface area contributed by atoms with Crippen LogP contribution in [0.25, 0.3) is 11.0 Å². The minimum Gasteiger partial charge on any atom is -0.296 e. The van der Waals surface area contributed by atoms with Gasteiger partial charge in [-0.15, -0.1) is 0 Å². The molecular formula is C15H12N2O3S. The highest BCUT2D eigenvalue weighted by Gasteiger charge is 2.23. The second-order valence-electron chi connectivity index (χ2n) is 4.70. The van der Waals surface area contributed by atoms with Gasteiger partial charge in [0.05, 0.1) is 10.6 Å². The fourth-order valence-corrected chi connectivity index (χ4v) is 3.70. The van der Waals surface area contributed by atoms with Gasteiger partial charge >= 0.3 is 0 Å². The number of nitrogens with zero attached hydrogens (tertiary/aromatic N) is 2. The van der Waals surface area contributed by atoms with Crippen molar-refractivity contribution in [2.24, 2.45) is 0 Å². The van der Waals surface area contributed by atoms with Crippen LogP contribution in [0, 0.1) is 6.92 Å². The minimum absolute atomic E-state index is 0.0620. The van der Waals surface area contributed by atoms with Crippen LogP contribution in [-0.2, 0) is 10.0 Å². The van der Waals surface area contributed by atoms with Gasteiger partial charge in [0.2, 0.25) is 0 Å². The number of rotatable bonds is 3. The van der Waals surface area contributed by atoms with Crippen LogP contribution in [0.15, 0.2) is 53.6 Å². The lowest BCUT2D eigenvalue weighted by atomic mass is 10.2. The summed E-state index contributed by atoms with van der Waals surface area (Å²) in [5.74, 6) is 0. The summed E-state index contributed by atoms with van der Waals surface area (Å²) < 4.78 is 26.5. The van der Waals surface area contributed by atoms with Gasteiger partial charge in [-0.3, -0.25) is 4.79 Å². The van der Waals surface area contributed by atoms with Crippen LogP contribution in [0.4, 0.5) is 0 Å². The zero-order valence-corrected chi connectivity index (χ0v) is 12.0. The second kappa shape index (κ2) is 4.82. The van der Waals surface area contributed by atoms with Crippen LogP contribution in [0.1, 0.15) is 16.1 Å². The van der Waals surface area contributed by atoms with Crippen molar-refractivity contribution in [1.82, 2.24) is 8.96 Å². The largest absolute Gasteiger partial charge is 0.296 e. The van der Waals surface area contributed by atoms with Crippen molar-refractivity contribution in [3.8, 4) is 0 Å². The fraction of sp³-hybridized carbons (Fsp3) is 0.0667. The Bertz CT molecular complexity index is 928. The molecule has 0 aliphatic heterocycles. The average Bonchev–Trinajstić information content (AvgIpc) is 2.86. The predicted octanol–water partition coefficient (Wildman–Crippen LogP) is 2.39. The Hall–Kier alpha value is -2.47. The molecule has 0 unspecified atom stereocenters. The zero-order chi connectivity index (χ0) is 15.0. The highest BCUT2D eigenvalue weighted by Crippen LogP contribution is 2.24. The minimum atomic E-state index is -3.85. The van der Waals surface area contributed by atoms with Gasteiger partial charge in [0, 0.05) is 11.6 Å². The van der Waals surface area contributed by atoms with E-state index in [-0.39, 0.29) is 16.2 Å². The third-order valence-corrected chi connectivity index (χ3v) is 4.90. The molecule has 3 aromatic rings. The molecule has 0 atom stereocenters. The number of benzene rings is 1. The molecule has 106 valence electrons. The molecule has 0 amide bonds. The van der Waals surface area contributed by atoms with Crippen molar-refractivity contribution in [3.63, 3.8) is 0 Å². The molecule has 0 spiro atoms. The number of hydrogen-bond acceptors (Lipinski definition) is 4. The van der Waals surface area contributed by atoms with Gasteiger partial charge in [-0.2, -0.15) is 0 Å². The molecule has 21 heavy (non-hydrogen) atoms. The van der Waals surface area contributed by atoms with E-state index in [2.05, 4.69) is 4.98 Å². The van der Waals surface area contributed by atoms with E-state index < -0.39 is 10.0 Å². The first-order valence-corrected chi connectivity index (χ1v) is 7.72. The van der Waals surface area contributed by atoms with Gasteiger partial charge < -0.3 is 0 Å². The molecule has 1 aromatic carbocycles. The molecule has 0 bridgehead atoms. The van der Waals surface area contributed by atoms with E-state index in [1.165, 1.54) is 18.2 Å². The lowest BCUT2D eigenvalue weighted by Gasteiger charge is -2.08. The maximum Gasteiger partial charge on any atom is 0.270 e. The summed E-state index contributed by atoms with van der Waals surface area (Å²) in [6.45, 7) is 1.86. The first kappa shape index (κ1) is 13.5. The number of fused-ring (bicyclic) bond motifs is 1. The second-order valence-corrected chi connectivity index (χ2v) is 6.48. The van der Waals surface area contributed by atoms with Gasteiger partial charge in [-0.1, -0.05) is 18.2 Å². The first-order chi connectivity index (χ1) is 10.0. The van der Waals surface area contributed by atoms with Crippen LogP contribution in [-0.4, -0.2) is 23.7 Å². The molecule has 0 saturated carbocycles. The van der Waals surface area contributed by atoms with Crippen LogP contribution in [0.2, 0.25) is 0 Å². The van der Waals surface area contributed by atoms with Crippen LogP contribution < -0.4 is 0 Å². The lowest BCUT2D eigenvalue weighted by molar-refractivity contribution is 0.111. The summed E-state index contributed by atoms with van der Waals surface area (Å²) in [4.78, 5) is 15.5. The molecule has 5 nitrogen and oxygen atoms in total. The Morgan fingerprint density at radius 2 is 1.86 bits per heavy atom. The van der Waals surface area contributed by atoms with Crippen molar-refractivity contribution in [3.05, 3.63) is 59.9 Å². The average molecular weight is 300 g/mol. The summed E-state index contributed by atoms with van der Waals surface area (Å²) in [6, 6.07) is 11.3. The molecule has 0 radical (unpaired) electrons. The summed E-state index contributed by atoms with van der Waals surface area (Å²) in [7, 11) is -3.85. The van der Waals surface area contributed by atoms with Crippen LogP contribution in [0.3, 0.4) is 0 Å². The van der Waals surface area contributed by atoms with E-state index in [0.717, 1.165) is 9.54 Å². The van der Waals surface area contributed by atoms with Gasteiger partial charge in [0.15, 0.2) is 11.9 Å². The van der Waals surface area contributed by atoms with Gasteiger partial charge in [0.25, 0.3) is 10.0 Å². The van der Waals surface area contributed by atoms with Crippen molar-refractivity contribution in [1.29, 1.82) is 0 Å². The summed E-state index contributed by atoms with van der Waals surface area (Å²) in [5, 5.41) is 0.622. The van der Waals surface area contributed by atoms with Crippen molar-refractivity contribution < 1.29 is 13.2 Å². The zero-order valence-electron chi connectivity index (χ0n) is 11.2. The number of aromatic nitrogens is 2. The quantitative estimate of drug-likeness (QED) is 0.696. The Balaban J connectivity index is 2.36. The SMILES string of the molecule is Cc1cnc2c(c1)cc(C=O)n2S(=O)(=O)c1ccccc1. The first-order valence-electron chi connectivity index (χ1n) is 6.28. The number of carbonyl (C=O) groups is 1. The van der Waals surface area contributed by atoms with Crippen molar-refractivity contribution in [2.45, 2.75) is 11.8 Å². The third kappa shape index (κ3) is 2.13. The number of aryl methyl sites for hydroxylation is 1. The molecule has 2 heterocycles. The van der Waals surface area contributed by atoms with E-state index >= 15 is 0 Å². The van der Waals surface area contributed by atoms with Gasteiger partial charge in [-0.05, 0) is 36.8 Å². The molecule has 0 saturated heterocycles. The Kier molecular flexibility index (Phi) is 3.10. The molecule has 6 heteroatoms. The molecular weight excluding hydrogens is 288 g/mol. The summed E-state index contributed by atoms with van der Waals surface area (Å²) in [6.07, 6.45) is 2.10. The van der Waals surface area contributed by atoms with Crippen molar-refractivity contribution >= 4 is 27.3 Å². The molecule has 0 N–H and O–H groups in total. The normalized spacial score (nSPS) is 11.7. The highest BCUT2D eigenvalue weighted by atomic mass is 32.2. The van der Waals surface area contributed by atoms with E-state index in [1.54, 1.807) is 30.5 Å². The Labute approximate surface area is 121 Å². The fourth-order valence-electron chi connectivity index (χ4n) is 2.23. The standard InChI is InChI=1S/C15H12N2O3S/c1-11-7-12-8-13(10-18)17(15(12)16-9-11)21(19,20)14-5-3-2-4-6-14/h2-10H,1H3. The number of aldehydes is 1. The smallest absolute Gasteiger partial charge is 0.270 e. The van der Waals surface area contributed by atoms with E-state index in [0.29, 0.717) is 11.7 Å². The number of hydrogen-bond donors (Lipinski definition) is 0. The van der Waals surface area contributed by atoms with E-state index in [9.17, 15) is 13.2 Å². The molecule has 0 aliphatic rings. The summed E-state index contributed by atoms with van der Waals surface area (Å²) >= 11 is 0. The molecule has 0 fully saturated rings. The Morgan fingerprint density at radius 3 is 2.52 bits per heavy atom. The molecule has 3 rings (SSSR count). The van der Waals surface area contributed by atoms with Crippen LogP contribution >= 0.6 is 0 Å². The molecule has 0 aliphatic carbocycles. The van der Waals surface area contributed by atoms with Crippen molar-refractivity contribution in [2.75, 3.05) is 0 Å². The number of pyridine rings is 1.